The van der Waals surface area contributed by atoms with Crippen molar-refractivity contribution in [2.75, 3.05) is 12.4 Å². The second kappa shape index (κ2) is 10.5. The number of primary amides is 1. The molecule has 3 rings (SSSR count). The topological polar surface area (TPSA) is 103 Å². The fourth-order valence-corrected chi connectivity index (χ4v) is 3.31. The summed E-state index contributed by atoms with van der Waals surface area (Å²) in [7, 11) is 1.49. The van der Waals surface area contributed by atoms with Crippen molar-refractivity contribution in [3.05, 3.63) is 82.9 Å². The molecule has 0 aliphatic heterocycles. The number of benzene rings is 3. The molecule has 0 unspecified atom stereocenters. The lowest BCUT2D eigenvalue weighted by atomic mass is 10.0. The zero-order valence-corrected chi connectivity index (χ0v) is 18.5. The van der Waals surface area contributed by atoms with Gasteiger partial charge in [-0.2, -0.15) is 0 Å². The van der Waals surface area contributed by atoms with Gasteiger partial charge in [-0.15, -0.1) is 0 Å². The first-order valence-electron chi connectivity index (χ1n) is 9.88. The summed E-state index contributed by atoms with van der Waals surface area (Å²) in [5, 5.41) is 5.97. The van der Waals surface area contributed by atoms with Gasteiger partial charge in [0.1, 0.15) is 17.2 Å². The van der Waals surface area contributed by atoms with Crippen LogP contribution in [0.2, 0.25) is 5.02 Å². The number of para-hydroxylation sites is 1. The average Bonchev–Trinajstić information content (AvgIpc) is 2.76. The lowest BCUT2D eigenvalue weighted by molar-refractivity contribution is -0.116. The number of amides is 3. The van der Waals surface area contributed by atoms with Gasteiger partial charge in [-0.1, -0.05) is 41.9 Å². The van der Waals surface area contributed by atoms with Crippen LogP contribution in [0.4, 0.5) is 10.5 Å². The Balaban J connectivity index is 1.79. The van der Waals surface area contributed by atoms with E-state index in [1.807, 2.05) is 37.3 Å². The minimum Gasteiger partial charge on any atom is -0.495 e. The summed E-state index contributed by atoms with van der Waals surface area (Å²) in [5.41, 5.74) is 7.30. The van der Waals surface area contributed by atoms with Gasteiger partial charge < -0.3 is 25.8 Å². The zero-order valence-electron chi connectivity index (χ0n) is 17.7. The molecule has 8 heteroatoms. The number of anilines is 1. The van der Waals surface area contributed by atoms with Crippen LogP contribution in [-0.2, 0) is 4.79 Å². The number of nitrogens with one attached hydrogen (secondary N) is 2. The van der Waals surface area contributed by atoms with Gasteiger partial charge in [-0.25, -0.2) is 4.79 Å². The summed E-state index contributed by atoms with van der Waals surface area (Å²) in [6, 6.07) is 18.4. The fraction of sp³-hybridized carbons (Fsp3) is 0.167. The highest BCUT2D eigenvalue weighted by molar-refractivity contribution is 6.31. The third-order valence-electron chi connectivity index (χ3n) is 4.70. The molecule has 0 fully saturated rings. The van der Waals surface area contributed by atoms with Crippen molar-refractivity contribution in [1.82, 2.24) is 5.32 Å². The molecule has 0 radical (unpaired) electrons. The number of rotatable bonds is 8. The lowest BCUT2D eigenvalue weighted by Gasteiger charge is -2.19. The molecule has 32 heavy (non-hydrogen) atoms. The van der Waals surface area contributed by atoms with Crippen LogP contribution in [0.15, 0.2) is 66.7 Å². The van der Waals surface area contributed by atoms with Crippen LogP contribution in [0.1, 0.15) is 23.6 Å². The van der Waals surface area contributed by atoms with Crippen molar-refractivity contribution in [3.8, 4) is 17.2 Å². The van der Waals surface area contributed by atoms with Gasteiger partial charge in [0, 0.05) is 11.1 Å². The monoisotopic (exact) mass is 453 g/mol. The number of urea groups is 1. The van der Waals surface area contributed by atoms with Crippen LogP contribution in [-0.4, -0.2) is 19.0 Å². The first-order chi connectivity index (χ1) is 15.4. The van der Waals surface area contributed by atoms with Crippen LogP contribution < -0.4 is 25.8 Å². The predicted molar refractivity (Wildman–Crippen MR) is 124 cm³/mol. The van der Waals surface area contributed by atoms with E-state index in [0.717, 1.165) is 5.56 Å². The van der Waals surface area contributed by atoms with Crippen LogP contribution in [0.25, 0.3) is 0 Å². The third-order valence-corrected chi connectivity index (χ3v) is 5.11. The van der Waals surface area contributed by atoms with E-state index in [9.17, 15) is 9.59 Å². The molecular weight excluding hydrogens is 430 g/mol. The van der Waals surface area contributed by atoms with Gasteiger partial charge in [-0.05, 0) is 48.4 Å². The van der Waals surface area contributed by atoms with Crippen molar-refractivity contribution in [3.63, 3.8) is 0 Å². The highest BCUT2D eigenvalue weighted by Gasteiger charge is 2.20. The number of aryl methyl sites for hydroxylation is 1. The second-order valence-electron chi connectivity index (χ2n) is 7.10. The number of carbonyl (C=O) groups excluding carboxylic acids is 2. The van der Waals surface area contributed by atoms with Crippen molar-refractivity contribution in [2.45, 2.75) is 19.4 Å². The van der Waals surface area contributed by atoms with E-state index in [0.29, 0.717) is 33.5 Å². The van der Waals surface area contributed by atoms with E-state index < -0.39 is 12.1 Å². The molecule has 3 aromatic rings. The maximum Gasteiger partial charge on any atom is 0.312 e. The summed E-state index contributed by atoms with van der Waals surface area (Å²) in [4.78, 5) is 24.4. The molecule has 1 atom stereocenters. The fourth-order valence-electron chi connectivity index (χ4n) is 3.16. The number of halogens is 1. The average molecular weight is 454 g/mol. The van der Waals surface area contributed by atoms with Crippen molar-refractivity contribution in [2.24, 2.45) is 5.73 Å². The Hall–Kier alpha value is -3.71. The number of hydrogen-bond donors (Lipinski definition) is 3. The number of ether oxygens (including phenoxy) is 2. The summed E-state index contributed by atoms with van der Waals surface area (Å²) < 4.78 is 11.2. The molecule has 4 N–H and O–H groups in total. The van der Waals surface area contributed by atoms with Crippen molar-refractivity contribution in [1.29, 1.82) is 0 Å². The Morgan fingerprint density at radius 2 is 1.75 bits per heavy atom. The van der Waals surface area contributed by atoms with Gasteiger partial charge >= 0.3 is 6.03 Å². The molecule has 0 spiro atoms. The third kappa shape index (κ3) is 6.15. The number of hydrogen-bond acceptors (Lipinski definition) is 4. The van der Waals surface area contributed by atoms with Gasteiger partial charge in [0.15, 0.2) is 0 Å². The molecule has 0 saturated carbocycles. The van der Waals surface area contributed by atoms with E-state index in [1.165, 1.54) is 7.11 Å². The lowest BCUT2D eigenvalue weighted by Crippen LogP contribution is -2.35. The van der Waals surface area contributed by atoms with Gasteiger partial charge in [0.05, 0.1) is 25.3 Å². The summed E-state index contributed by atoms with van der Waals surface area (Å²) in [5.74, 6) is 1.34. The Morgan fingerprint density at radius 1 is 1.03 bits per heavy atom. The van der Waals surface area contributed by atoms with E-state index in [4.69, 9.17) is 26.8 Å². The van der Waals surface area contributed by atoms with Crippen LogP contribution in [0.5, 0.6) is 17.2 Å². The molecule has 3 aromatic carbocycles. The molecule has 0 heterocycles. The SMILES string of the molecule is COc1cc(Cl)c(C)cc1NC(=O)C[C@@H](NC(N)=O)c1cccc(Oc2ccccc2)c1. The molecular formula is C24H24ClN3O4. The molecule has 0 aromatic heterocycles. The number of nitrogens with two attached hydrogens (primary N) is 1. The molecule has 0 bridgehead atoms. The Labute approximate surface area is 191 Å². The minimum absolute atomic E-state index is 0.0530. The summed E-state index contributed by atoms with van der Waals surface area (Å²) in [6.45, 7) is 1.83. The molecule has 0 saturated heterocycles. The quantitative estimate of drug-likeness (QED) is 0.436. The second-order valence-corrected chi connectivity index (χ2v) is 7.51. The number of methoxy groups -OCH3 is 1. The largest absolute Gasteiger partial charge is 0.495 e. The van der Waals surface area contributed by atoms with E-state index >= 15 is 0 Å². The maximum atomic E-state index is 12.8. The summed E-state index contributed by atoms with van der Waals surface area (Å²) in [6.07, 6.45) is -0.0530. The maximum absolute atomic E-state index is 12.8. The van der Waals surface area contributed by atoms with Crippen molar-refractivity contribution >= 4 is 29.2 Å². The highest BCUT2D eigenvalue weighted by atomic mass is 35.5. The molecule has 0 aliphatic rings. The van der Waals surface area contributed by atoms with Crippen LogP contribution in [0.3, 0.4) is 0 Å². The van der Waals surface area contributed by atoms with Crippen LogP contribution >= 0.6 is 11.6 Å². The Kier molecular flexibility index (Phi) is 7.57. The highest BCUT2D eigenvalue weighted by Crippen LogP contribution is 2.32. The van der Waals surface area contributed by atoms with Gasteiger partial charge in [0.25, 0.3) is 0 Å². The molecule has 3 amide bonds. The van der Waals surface area contributed by atoms with Crippen LogP contribution in [0, 0.1) is 6.92 Å². The van der Waals surface area contributed by atoms with Crippen molar-refractivity contribution < 1.29 is 19.1 Å². The van der Waals surface area contributed by atoms with Gasteiger partial charge in [-0.3, -0.25) is 4.79 Å². The van der Waals surface area contributed by atoms with E-state index in [-0.39, 0.29) is 12.3 Å². The Bertz CT molecular complexity index is 1110. The molecule has 0 aliphatic carbocycles. The standard InChI is InChI=1S/C24H24ClN3O4/c1-15-11-21(22(31-2)13-19(15)25)27-23(29)14-20(28-24(26)30)16-7-6-10-18(12-16)32-17-8-4-3-5-9-17/h3-13,20H,14H2,1-2H3,(H,27,29)(H3,26,28,30)/t20-/m1/s1. The van der Waals surface area contributed by atoms with Gasteiger partial charge in [0.2, 0.25) is 5.91 Å². The van der Waals surface area contributed by atoms with E-state index in [1.54, 1.807) is 36.4 Å². The number of carbonyl (C=O) groups is 2. The Morgan fingerprint density at radius 3 is 2.44 bits per heavy atom. The van der Waals surface area contributed by atoms with E-state index in [2.05, 4.69) is 10.6 Å². The first kappa shape index (κ1) is 23.0. The minimum atomic E-state index is -0.739. The molecule has 166 valence electrons. The predicted octanol–water partition coefficient (Wildman–Crippen LogP) is 5.19. The summed E-state index contributed by atoms with van der Waals surface area (Å²) >= 11 is 6.13. The molecule has 7 nitrogen and oxygen atoms in total. The smallest absolute Gasteiger partial charge is 0.312 e. The first-order valence-corrected chi connectivity index (χ1v) is 10.3. The zero-order chi connectivity index (χ0) is 23.1. The normalized spacial score (nSPS) is 11.3.